The average molecular weight is 463 g/mol. The number of nitrogens with one attached hydrogen (secondary N) is 1. The highest BCUT2D eigenvalue weighted by Crippen LogP contribution is 2.31. The molecule has 0 radical (unpaired) electrons. The Morgan fingerprint density at radius 1 is 1.21 bits per heavy atom. The van der Waals surface area contributed by atoms with Crippen LogP contribution in [0.25, 0.3) is 11.0 Å². The first kappa shape index (κ1) is 21.8. The lowest BCUT2D eigenvalue weighted by Crippen LogP contribution is -2.38. The lowest BCUT2D eigenvalue weighted by Gasteiger charge is -2.31. The number of piperidine rings is 1. The molecule has 3 N–H and O–H groups in total. The maximum Gasteiger partial charge on any atom is 0.251 e. The molecule has 1 aromatic carbocycles. The number of aromatic nitrogens is 3. The third-order valence-corrected chi connectivity index (χ3v) is 7.29. The second kappa shape index (κ2) is 9.06. The monoisotopic (exact) mass is 462 g/mol. The maximum absolute atomic E-state index is 12.4. The van der Waals surface area contributed by atoms with Gasteiger partial charge in [-0.25, -0.2) is 9.97 Å². The summed E-state index contributed by atoms with van der Waals surface area (Å²) < 4.78 is 15.9. The van der Waals surface area contributed by atoms with Gasteiger partial charge >= 0.3 is 0 Å². The normalized spacial score (nSPS) is 18.0. The van der Waals surface area contributed by atoms with Gasteiger partial charge in [-0.15, -0.1) is 4.31 Å². The Kier molecular flexibility index (Phi) is 5.98. The molecule has 0 spiro atoms. The van der Waals surface area contributed by atoms with Gasteiger partial charge in [-0.3, -0.25) is 4.79 Å². The fraction of sp³-hybridized carbons (Fsp3) is 0.375. The zero-order chi connectivity index (χ0) is 22.9. The van der Waals surface area contributed by atoms with Gasteiger partial charge in [0, 0.05) is 53.9 Å². The van der Waals surface area contributed by atoms with Crippen molar-refractivity contribution in [1.29, 1.82) is 0 Å². The molecule has 8 nitrogen and oxygen atoms in total. The third kappa shape index (κ3) is 4.69. The van der Waals surface area contributed by atoms with E-state index in [9.17, 15) is 9.35 Å². The van der Waals surface area contributed by atoms with Crippen LogP contribution in [-0.2, 0) is 11.4 Å². The number of carbonyl (C=O) groups is 1. The van der Waals surface area contributed by atoms with E-state index in [0.717, 1.165) is 60.9 Å². The van der Waals surface area contributed by atoms with E-state index in [1.165, 1.54) is 6.33 Å². The minimum Gasteiger partial charge on any atom is -0.598 e. The largest absolute Gasteiger partial charge is 0.598 e. The molecule has 3 heterocycles. The number of hydrogen-bond donors (Lipinski definition) is 2. The molecule has 1 saturated heterocycles. The summed E-state index contributed by atoms with van der Waals surface area (Å²) in [5.74, 6) is 6.74. The van der Waals surface area contributed by atoms with E-state index in [-0.39, 0.29) is 11.9 Å². The molecule has 3 aromatic rings. The highest BCUT2D eigenvalue weighted by Gasteiger charge is 2.27. The fourth-order valence-corrected chi connectivity index (χ4v) is 4.96. The van der Waals surface area contributed by atoms with Crippen LogP contribution >= 0.6 is 0 Å². The smallest absolute Gasteiger partial charge is 0.251 e. The van der Waals surface area contributed by atoms with Gasteiger partial charge in [0.05, 0.1) is 10.9 Å². The minimum atomic E-state index is -0.951. The first-order valence-electron chi connectivity index (χ1n) is 11.1. The summed E-state index contributed by atoms with van der Waals surface area (Å²) in [6.07, 6.45) is 9.04. The van der Waals surface area contributed by atoms with Crippen molar-refractivity contribution in [2.45, 2.75) is 37.8 Å². The molecule has 2 fully saturated rings. The topological polar surface area (TPSA) is 112 Å². The number of hydrogen-bond acceptors (Lipinski definition) is 6. The summed E-state index contributed by atoms with van der Waals surface area (Å²) >= 11 is -0.951. The summed E-state index contributed by atoms with van der Waals surface area (Å²) in [6, 6.07) is 7.89. The molecule has 5 rings (SSSR count). The van der Waals surface area contributed by atoms with Crippen LogP contribution < -0.4 is 11.1 Å². The second-order valence-corrected chi connectivity index (χ2v) is 9.93. The standard InChI is InChI=1S/C24H26N6O2S/c1-33(32)29-11-9-20(10-12-29)30-14-18(21-22(25)26-15-27-23(21)30)6-5-16-3-2-4-17(13-16)24(31)28-19-7-8-19/h2-4,13-15,19-20H,7-12H2,1H3,(H,28,31)(H2,25,26,27). The molecule has 0 bridgehead atoms. The van der Waals surface area contributed by atoms with Crippen molar-refractivity contribution in [2.24, 2.45) is 0 Å². The van der Waals surface area contributed by atoms with Crippen LogP contribution in [0.4, 0.5) is 5.82 Å². The lowest BCUT2D eigenvalue weighted by atomic mass is 10.1. The van der Waals surface area contributed by atoms with Gasteiger partial charge in [0.1, 0.15) is 24.0 Å². The van der Waals surface area contributed by atoms with Crippen molar-refractivity contribution < 1.29 is 9.35 Å². The zero-order valence-electron chi connectivity index (χ0n) is 18.5. The molecule has 1 saturated carbocycles. The Labute approximate surface area is 195 Å². The maximum atomic E-state index is 12.4. The van der Waals surface area contributed by atoms with E-state index in [4.69, 9.17) is 5.73 Å². The Bertz CT molecular complexity index is 1250. The van der Waals surface area contributed by atoms with Crippen molar-refractivity contribution >= 4 is 34.1 Å². The number of carbonyl (C=O) groups excluding carboxylic acids is 1. The molecule has 33 heavy (non-hydrogen) atoms. The number of rotatable bonds is 4. The summed E-state index contributed by atoms with van der Waals surface area (Å²) in [5, 5.41) is 3.75. The SMILES string of the molecule is C[S+]([O-])N1CCC(n2cc(C#Cc3cccc(C(=O)NC4CC4)c3)c3c(N)ncnc32)CC1. The molecule has 1 unspecified atom stereocenters. The average Bonchev–Trinajstić information content (AvgIpc) is 3.56. The predicted molar refractivity (Wildman–Crippen MR) is 129 cm³/mol. The van der Waals surface area contributed by atoms with Crippen LogP contribution in [0.3, 0.4) is 0 Å². The molecular formula is C24H26N6O2S. The molecule has 1 atom stereocenters. The van der Waals surface area contributed by atoms with E-state index >= 15 is 0 Å². The quantitative estimate of drug-likeness (QED) is 0.454. The first-order chi connectivity index (χ1) is 16.0. The van der Waals surface area contributed by atoms with Crippen molar-refractivity contribution in [2.75, 3.05) is 25.1 Å². The van der Waals surface area contributed by atoms with E-state index < -0.39 is 11.4 Å². The van der Waals surface area contributed by atoms with Gasteiger partial charge in [-0.05, 0) is 43.9 Å². The molecule has 1 aliphatic carbocycles. The Hall–Kier alpha value is -3.06. The summed E-state index contributed by atoms with van der Waals surface area (Å²) in [4.78, 5) is 21.0. The molecule has 2 aliphatic rings. The van der Waals surface area contributed by atoms with Crippen LogP contribution in [0.5, 0.6) is 0 Å². The molecule has 1 amide bonds. The number of anilines is 1. The van der Waals surface area contributed by atoms with Crippen LogP contribution in [0, 0.1) is 11.8 Å². The molecule has 2 aromatic heterocycles. The number of benzene rings is 1. The van der Waals surface area contributed by atoms with Crippen molar-refractivity contribution in [3.63, 3.8) is 0 Å². The van der Waals surface area contributed by atoms with Crippen molar-refractivity contribution in [3.8, 4) is 11.8 Å². The van der Waals surface area contributed by atoms with E-state index in [1.54, 1.807) is 12.3 Å². The lowest BCUT2D eigenvalue weighted by molar-refractivity contribution is 0.0951. The van der Waals surface area contributed by atoms with E-state index in [0.29, 0.717) is 17.4 Å². The van der Waals surface area contributed by atoms with Crippen LogP contribution in [0.2, 0.25) is 0 Å². The second-order valence-electron chi connectivity index (χ2n) is 8.57. The van der Waals surface area contributed by atoms with Crippen LogP contribution in [-0.4, -0.2) is 54.7 Å². The molecule has 170 valence electrons. The zero-order valence-corrected chi connectivity index (χ0v) is 19.3. The van der Waals surface area contributed by atoms with Gasteiger partial charge in [0.25, 0.3) is 5.91 Å². The van der Waals surface area contributed by atoms with Gasteiger partial charge < -0.3 is 20.2 Å². The number of nitrogens with two attached hydrogens (primary N) is 1. The molecule has 9 heteroatoms. The van der Waals surface area contributed by atoms with E-state index in [1.807, 2.05) is 28.7 Å². The Morgan fingerprint density at radius 3 is 2.73 bits per heavy atom. The van der Waals surface area contributed by atoms with Crippen LogP contribution in [0.15, 0.2) is 36.8 Å². The predicted octanol–water partition coefficient (Wildman–Crippen LogP) is 2.24. The highest BCUT2D eigenvalue weighted by atomic mass is 32.2. The number of fused-ring (bicyclic) bond motifs is 1. The summed E-state index contributed by atoms with van der Waals surface area (Å²) in [7, 11) is 0. The first-order valence-corrected chi connectivity index (χ1v) is 12.6. The van der Waals surface area contributed by atoms with E-state index in [2.05, 4.69) is 31.7 Å². The fourth-order valence-electron chi connectivity index (χ4n) is 4.23. The van der Waals surface area contributed by atoms with Gasteiger partial charge in [-0.2, -0.15) is 0 Å². The number of amides is 1. The van der Waals surface area contributed by atoms with Gasteiger partial charge in [0.2, 0.25) is 0 Å². The Morgan fingerprint density at radius 2 is 2.00 bits per heavy atom. The molecule has 1 aliphatic heterocycles. The number of nitrogens with zero attached hydrogens (tertiary/aromatic N) is 4. The Balaban J connectivity index is 1.44. The summed E-state index contributed by atoms with van der Waals surface area (Å²) in [5.41, 5.74) is 9.11. The highest BCUT2D eigenvalue weighted by molar-refractivity contribution is 7.88. The third-order valence-electron chi connectivity index (χ3n) is 6.20. The van der Waals surface area contributed by atoms with Gasteiger partial charge in [-0.1, -0.05) is 17.9 Å². The van der Waals surface area contributed by atoms with Crippen LogP contribution in [0.1, 0.15) is 53.2 Å². The van der Waals surface area contributed by atoms with Crippen molar-refractivity contribution in [1.82, 2.24) is 24.2 Å². The van der Waals surface area contributed by atoms with Crippen molar-refractivity contribution in [3.05, 3.63) is 53.5 Å². The van der Waals surface area contributed by atoms with Gasteiger partial charge in [0.15, 0.2) is 0 Å². The summed E-state index contributed by atoms with van der Waals surface area (Å²) in [6.45, 7) is 1.54. The minimum absolute atomic E-state index is 0.0604. The molecular weight excluding hydrogens is 436 g/mol. The number of nitrogen functional groups attached to an aromatic ring is 1.